The number of rotatable bonds is 6. The monoisotopic (exact) mass is 288 g/mol. The van der Waals surface area contributed by atoms with Crippen molar-refractivity contribution in [2.24, 2.45) is 5.73 Å². The van der Waals surface area contributed by atoms with Crippen molar-refractivity contribution in [1.82, 2.24) is 5.32 Å². The molecule has 2 atom stereocenters. The second-order valence-corrected chi connectivity index (χ2v) is 5.12. The number of amides is 1. The van der Waals surface area contributed by atoms with E-state index in [0.29, 0.717) is 0 Å². The number of carbonyl (C=O) groups is 1. The summed E-state index contributed by atoms with van der Waals surface area (Å²) in [6.07, 6.45) is 0.915. The van der Waals surface area contributed by atoms with E-state index >= 15 is 0 Å². The fourth-order valence-corrected chi connectivity index (χ4v) is 2.37. The highest BCUT2D eigenvalue weighted by molar-refractivity contribution is 7.99. The van der Waals surface area contributed by atoms with Gasteiger partial charge in [0, 0.05) is 16.7 Å². The van der Waals surface area contributed by atoms with Crippen LogP contribution in [0.5, 0.6) is 0 Å². The Morgan fingerprint density at radius 1 is 1.39 bits per heavy atom. The van der Waals surface area contributed by atoms with Crippen LogP contribution in [0.2, 0.25) is 0 Å². The summed E-state index contributed by atoms with van der Waals surface area (Å²) in [4.78, 5) is 12.7. The maximum Gasteiger partial charge on any atom is 0.236 e. The molecule has 0 saturated carbocycles. The zero-order chi connectivity index (χ0) is 12.7. The molecule has 3 nitrogen and oxygen atoms in total. The van der Waals surface area contributed by atoms with Crippen LogP contribution in [-0.2, 0) is 4.79 Å². The second kappa shape index (κ2) is 9.25. The Kier molecular flexibility index (Phi) is 8.89. The SMILES string of the molecule is CCC(CSc1ccccc1)NC(=O)C(C)N.Cl. The Hall–Kier alpha value is -0.710. The Balaban J connectivity index is 0.00000289. The van der Waals surface area contributed by atoms with Crippen LogP contribution in [-0.4, -0.2) is 23.7 Å². The lowest BCUT2D eigenvalue weighted by atomic mass is 10.2. The molecule has 1 amide bonds. The van der Waals surface area contributed by atoms with Crippen molar-refractivity contribution in [3.63, 3.8) is 0 Å². The average molecular weight is 289 g/mol. The first-order chi connectivity index (χ1) is 8.13. The van der Waals surface area contributed by atoms with Crippen LogP contribution in [0.4, 0.5) is 0 Å². The number of carbonyl (C=O) groups excluding carboxylic acids is 1. The van der Waals surface area contributed by atoms with Crippen LogP contribution < -0.4 is 11.1 Å². The van der Waals surface area contributed by atoms with E-state index in [9.17, 15) is 4.79 Å². The van der Waals surface area contributed by atoms with Gasteiger partial charge in [0.1, 0.15) is 0 Å². The van der Waals surface area contributed by atoms with Crippen molar-refractivity contribution < 1.29 is 4.79 Å². The molecule has 1 aromatic rings. The molecule has 0 bridgehead atoms. The molecule has 0 spiro atoms. The number of halogens is 1. The number of thioether (sulfide) groups is 1. The molecule has 0 aliphatic heterocycles. The lowest BCUT2D eigenvalue weighted by Crippen LogP contribution is -2.44. The molecule has 0 fully saturated rings. The van der Waals surface area contributed by atoms with Crippen LogP contribution in [0.3, 0.4) is 0 Å². The first-order valence-electron chi connectivity index (χ1n) is 5.87. The van der Waals surface area contributed by atoms with Gasteiger partial charge in [-0.15, -0.1) is 24.2 Å². The summed E-state index contributed by atoms with van der Waals surface area (Å²) in [6, 6.07) is 9.92. The molecule has 0 aromatic heterocycles. The summed E-state index contributed by atoms with van der Waals surface area (Å²) in [6.45, 7) is 3.77. The third kappa shape index (κ3) is 6.28. The van der Waals surface area contributed by atoms with Crippen LogP contribution in [0.25, 0.3) is 0 Å². The summed E-state index contributed by atoms with van der Waals surface area (Å²) >= 11 is 1.75. The van der Waals surface area contributed by atoms with Gasteiger partial charge in [-0.1, -0.05) is 25.1 Å². The number of benzene rings is 1. The fourth-order valence-electron chi connectivity index (χ4n) is 1.31. The second-order valence-electron chi connectivity index (χ2n) is 4.03. The van der Waals surface area contributed by atoms with Crippen molar-refractivity contribution in [2.75, 3.05) is 5.75 Å². The lowest BCUT2D eigenvalue weighted by molar-refractivity contribution is -0.122. The van der Waals surface area contributed by atoms with E-state index < -0.39 is 6.04 Å². The number of nitrogens with one attached hydrogen (secondary N) is 1. The first-order valence-corrected chi connectivity index (χ1v) is 6.85. The summed E-state index contributed by atoms with van der Waals surface area (Å²) in [5, 5.41) is 2.95. The van der Waals surface area contributed by atoms with Gasteiger partial charge in [0.2, 0.25) is 5.91 Å². The normalized spacial score (nSPS) is 13.3. The third-order valence-corrected chi connectivity index (χ3v) is 3.62. The zero-order valence-corrected chi connectivity index (χ0v) is 12.4. The first kappa shape index (κ1) is 17.3. The summed E-state index contributed by atoms with van der Waals surface area (Å²) in [5.74, 6) is 0.796. The van der Waals surface area contributed by atoms with Crippen LogP contribution in [0.15, 0.2) is 35.2 Å². The fraction of sp³-hybridized carbons (Fsp3) is 0.462. The topological polar surface area (TPSA) is 55.1 Å². The van der Waals surface area contributed by atoms with Gasteiger partial charge in [-0.3, -0.25) is 4.79 Å². The number of nitrogens with two attached hydrogens (primary N) is 1. The summed E-state index contributed by atoms with van der Waals surface area (Å²) in [7, 11) is 0. The Bertz CT molecular complexity index is 346. The van der Waals surface area contributed by atoms with Crippen molar-refractivity contribution in [3.8, 4) is 0 Å². The maximum absolute atomic E-state index is 11.5. The molecular weight excluding hydrogens is 268 g/mol. The predicted molar refractivity (Wildman–Crippen MR) is 80.3 cm³/mol. The largest absolute Gasteiger partial charge is 0.351 e. The Morgan fingerprint density at radius 3 is 2.50 bits per heavy atom. The van der Waals surface area contributed by atoms with Gasteiger partial charge in [-0.2, -0.15) is 0 Å². The van der Waals surface area contributed by atoms with Gasteiger partial charge < -0.3 is 11.1 Å². The molecule has 0 radical (unpaired) electrons. The van der Waals surface area contributed by atoms with E-state index in [4.69, 9.17) is 5.73 Å². The zero-order valence-electron chi connectivity index (χ0n) is 10.8. The highest BCUT2D eigenvalue weighted by Crippen LogP contribution is 2.18. The Labute approximate surface area is 119 Å². The van der Waals surface area contributed by atoms with Gasteiger partial charge >= 0.3 is 0 Å². The molecule has 1 aromatic carbocycles. The van der Waals surface area contributed by atoms with Crippen LogP contribution in [0.1, 0.15) is 20.3 Å². The molecule has 18 heavy (non-hydrogen) atoms. The minimum Gasteiger partial charge on any atom is -0.351 e. The van der Waals surface area contributed by atoms with Crippen molar-refractivity contribution in [2.45, 2.75) is 37.2 Å². The predicted octanol–water partition coefficient (Wildman–Crippen LogP) is 2.44. The quantitative estimate of drug-likeness (QED) is 0.791. The average Bonchev–Trinajstić information content (AvgIpc) is 2.35. The van der Waals surface area contributed by atoms with Crippen LogP contribution >= 0.6 is 24.2 Å². The van der Waals surface area contributed by atoms with Gasteiger partial charge in [0.05, 0.1) is 6.04 Å². The maximum atomic E-state index is 11.5. The molecule has 0 aliphatic carbocycles. The van der Waals surface area contributed by atoms with Gasteiger partial charge in [-0.25, -0.2) is 0 Å². The van der Waals surface area contributed by atoms with Crippen molar-refractivity contribution >= 4 is 30.1 Å². The summed E-state index contributed by atoms with van der Waals surface area (Å²) in [5.41, 5.74) is 5.53. The van der Waals surface area contributed by atoms with E-state index in [2.05, 4.69) is 24.4 Å². The number of hydrogen-bond acceptors (Lipinski definition) is 3. The smallest absolute Gasteiger partial charge is 0.236 e. The highest BCUT2D eigenvalue weighted by Gasteiger charge is 2.13. The molecule has 1 rings (SSSR count). The summed E-state index contributed by atoms with van der Waals surface area (Å²) < 4.78 is 0. The van der Waals surface area contributed by atoms with E-state index in [1.165, 1.54) is 4.90 Å². The van der Waals surface area contributed by atoms with Gasteiger partial charge in [0.15, 0.2) is 0 Å². The number of hydrogen-bond donors (Lipinski definition) is 2. The molecule has 5 heteroatoms. The van der Waals surface area contributed by atoms with E-state index in [-0.39, 0.29) is 24.4 Å². The molecular formula is C13H21ClN2OS. The molecule has 0 aliphatic rings. The third-order valence-electron chi connectivity index (χ3n) is 2.45. The highest BCUT2D eigenvalue weighted by atomic mass is 35.5. The van der Waals surface area contributed by atoms with Crippen molar-refractivity contribution in [3.05, 3.63) is 30.3 Å². The Morgan fingerprint density at radius 2 is 2.00 bits per heavy atom. The van der Waals surface area contributed by atoms with Crippen molar-refractivity contribution in [1.29, 1.82) is 0 Å². The van der Waals surface area contributed by atoms with E-state index in [1.807, 2.05) is 18.2 Å². The van der Waals surface area contributed by atoms with E-state index in [1.54, 1.807) is 18.7 Å². The minimum atomic E-state index is -0.439. The lowest BCUT2D eigenvalue weighted by Gasteiger charge is -2.18. The van der Waals surface area contributed by atoms with E-state index in [0.717, 1.165) is 12.2 Å². The van der Waals surface area contributed by atoms with Gasteiger partial charge in [-0.05, 0) is 25.5 Å². The standard InChI is InChI=1S/C13H20N2OS.ClH/c1-3-11(15-13(16)10(2)14)9-17-12-7-5-4-6-8-12;/h4-8,10-11H,3,9,14H2,1-2H3,(H,15,16);1H. The molecule has 2 unspecified atom stereocenters. The molecule has 0 heterocycles. The van der Waals surface area contributed by atoms with Crippen LogP contribution in [0, 0.1) is 0 Å². The molecule has 0 saturated heterocycles. The minimum absolute atomic E-state index is 0. The molecule has 102 valence electrons. The molecule has 3 N–H and O–H groups in total. The van der Waals surface area contributed by atoms with Gasteiger partial charge in [0.25, 0.3) is 0 Å².